The number of anilines is 1. The van der Waals surface area contributed by atoms with Crippen LogP contribution in [-0.4, -0.2) is 5.16 Å². The Morgan fingerprint density at radius 1 is 1.16 bits per heavy atom. The van der Waals surface area contributed by atoms with Gasteiger partial charge >= 0.3 is 6.18 Å². The second-order valence-electron chi connectivity index (χ2n) is 3.97. The Hall–Kier alpha value is -2.44. The molecule has 2 heterocycles. The highest BCUT2D eigenvalue weighted by Gasteiger charge is 2.30. The molecule has 3 aromatic rings. The first-order chi connectivity index (χ1) is 8.95. The Labute approximate surface area is 104 Å². The predicted octanol–water partition coefficient (Wildman–Crippen LogP) is 3.69. The molecule has 4 nitrogen and oxygen atoms in total. The van der Waals surface area contributed by atoms with E-state index in [2.05, 4.69) is 5.16 Å². The van der Waals surface area contributed by atoms with Crippen molar-refractivity contribution in [2.45, 2.75) is 6.18 Å². The van der Waals surface area contributed by atoms with Gasteiger partial charge in [0.05, 0.1) is 11.8 Å². The lowest BCUT2D eigenvalue weighted by Crippen LogP contribution is -2.03. The second-order valence-corrected chi connectivity index (χ2v) is 3.97. The smallest absolute Gasteiger partial charge is 0.416 e. The molecule has 0 amide bonds. The van der Waals surface area contributed by atoms with Crippen LogP contribution in [0, 0.1) is 0 Å². The van der Waals surface area contributed by atoms with Crippen molar-refractivity contribution in [2.75, 3.05) is 5.73 Å². The number of alkyl halides is 3. The standard InChI is InChI=1S/C12H7F3N2O2/c13-12(14,15)7-1-2-9-6(3-7)4-10(18-9)11-8(16)5-17-19-11/h1-5H,16H2. The molecule has 0 atom stereocenters. The number of halogens is 3. The summed E-state index contributed by atoms with van der Waals surface area (Å²) in [5, 5.41) is 3.81. The van der Waals surface area contributed by atoms with Crippen LogP contribution in [0.25, 0.3) is 22.5 Å². The molecule has 7 heteroatoms. The Morgan fingerprint density at radius 2 is 1.95 bits per heavy atom. The van der Waals surface area contributed by atoms with Crippen LogP contribution < -0.4 is 5.73 Å². The van der Waals surface area contributed by atoms with E-state index < -0.39 is 11.7 Å². The Kier molecular flexibility index (Phi) is 2.31. The van der Waals surface area contributed by atoms with E-state index >= 15 is 0 Å². The molecule has 0 fully saturated rings. The van der Waals surface area contributed by atoms with Crippen molar-refractivity contribution in [2.24, 2.45) is 0 Å². The summed E-state index contributed by atoms with van der Waals surface area (Å²) in [6, 6.07) is 4.66. The molecule has 1 aromatic carbocycles. The minimum atomic E-state index is -4.39. The third kappa shape index (κ3) is 1.92. The van der Waals surface area contributed by atoms with Gasteiger partial charge in [-0.2, -0.15) is 13.2 Å². The minimum Gasteiger partial charge on any atom is -0.453 e. The first-order valence-corrected chi connectivity index (χ1v) is 5.26. The van der Waals surface area contributed by atoms with Gasteiger partial charge in [0.1, 0.15) is 11.3 Å². The third-order valence-corrected chi connectivity index (χ3v) is 2.67. The van der Waals surface area contributed by atoms with Crippen molar-refractivity contribution in [1.82, 2.24) is 5.16 Å². The van der Waals surface area contributed by atoms with E-state index in [1.807, 2.05) is 0 Å². The average molecular weight is 268 g/mol. The van der Waals surface area contributed by atoms with Gasteiger partial charge in [-0.3, -0.25) is 0 Å². The number of benzene rings is 1. The number of aromatic nitrogens is 1. The lowest BCUT2D eigenvalue weighted by atomic mass is 10.1. The lowest BCUT2D eigenvalue weighted by molar-refractivity contribution is -0.137. The topological polar surface area (TPSA) is 65.2 Å². The van der Waals surface area contributed by atoms with Crippen molar-refractivity contribution in [3.63, 3.8) is 0 Å². The number of fused-ring (bicyclic) bond motifs is 1. The van der Waals surface area contributed by atoms with Crippen LogP contribution in [0.2, 0.25) is 0 Å². The molecule has 3 rings (SSSR count). The van der Waals surface area contributed by atoms with Crippen molar-refractivity contribution >= 4 is 16.7 Å². The van der Waals surface area contributed by atoms with Gasteiger partial charge in [0.2, 0.25) is 5.76 Å². The lowest BCUT2D eigenvalue weighted by Gasteiger charge is -2.04. The summed E-state index contributed by atoms with van der Waals surface area (Å²) < 4.78 is 48.0. The molecule has 0 saturated heterocycles. The molecule has 0 aliphatic heterocycles. The summed E-state index contributed by atoms with van der Waals surface area (Å²) in [6.07, 6.45) is -3.10. The van der Waals surface area contributed by atoms with E-state index in [-0.39, 0.29) is 17.2 Å². The van der Waals surface area contributed by atoms with E-state index in [0.717, 1.165) is 12.1 Å². The van der Waals surface area contributed by atoms with Gasteiger partial charge in [0.25, 0.3) is 0 Å². The van der Waals surface area contributed by atoms with Crippen LogP contribution in [-0.2, 0) is 6.18 Å². The molecule has 0 unspecified atom stereocenters. The van der Waals surface area contributed by atoms with E-state index in [1.54, 1.807) is 0 Å². The number of nitrogens with two attached hydrogens (primary N) is 1. The number of nitrogen functional groups attached to an aromatic ring is 1. The van der Waals surface area contributed by atoms with E-state index in [4.69, 9.17) is 14.7 Å². The number of rotatable bonds is 1. The molecule has 98 valence electrons. The van der Waals surface area contributed by atoms with Gasteiger partial charge in [-0.25, -0.2) is 0 Å². The first kappa shape index (κ1) is 11.6. The van der Waals surface area contributed by atoms with Crippen LogP contribution in [0.15, 0.2) is 39.4 Å². The van der Waals surface area contributed by atoms with Gasteiger partial charge in [0, 0.05) is 5.39 Å². The largest absolute Gasteiger partial charge is 0.453 e. The van der Waals surface area contributed by atoms with Gasteiger partial charge in [-0.15, -0.1) is 0 Å². The fraction of sp³-hybridized carbons (Fsp3) is 0.0833. The molecule has 0 aliphatic rings. The molecular weight excluding hydrogens is 261 g/mol. The van der Waals surface area contributed by atoms with Gasteiger partial charge < -0.3 is 14.7 Å². The fourth-order valence-electron chi connectivity index (χ4n) is 1.77. The number of nitrogens with zero attached hydrogens (tertiary/aromatic N) is 1. The van der Waals surface area contributed by atoms with E-state index in [9.17, 15) is 13.2 Å². The zero-order valence-corrected chi connectivity index (χ0v) is 9.36. The third-order valence-electron chi connectivity index (χ3n) is 2.67. The minimum absolute atomic E-state index is 0.199. The molecule has 19 heavy (non-hydrogen) atoms. The Bertz CT molecular complexity index is 743. The van der Waals surface area contributed by atoms with Crippen LogP contribution in [0.4, 0.5) is 18.9 Å². The van der Waals surface area contributed by atoms with Gasteiger partial charge in [-0.1, -0.05) is 5.16 Å². The molecule has 0 radical (unpaired) electrons. The number of hydrogen-bond acceptors (Lipinski definition) is 4. The average Bonchev–Trinajstić information content (AvgIpc) is 2.91. The van der Waals surface area contributed by atoms with Gasteiger partial charge in [0.15, 0.2) is 5.76 Å². The van der Waals surface area contributed by atoms with Crippen molar-refractivity contribution in [3.05, 3.63) is 36.0 Å². The zero-order valence-electron chi connectivity index (χ0n) is 9.36. The summed E-state index contributed by atoms with van der Waals surface area (Å²) in [5.41, 5.74) is 5.44. The summed E-state index contributed by atoms with van der Waals surface area (Å²) in [4.78, 5) is 0. The second kappa shape index (κ2) is 3.78. The zero-order chi connectivity index (χ0) is 13.6. The molecule has 0 bridgehead atoms. The van der Waals surface area contributed by atoms with Crippen molar-refractivity contribution < 1.29 is 22.1 Å². The first-order valence-electron chi connectivity index (χ1n) is 5.26. The molecule has 0 saturated carbocycles. The Morgan fingerprint density at radius 3 is 2.58 bits per heavy atom. The quantitative estimate of drug-likeness (QED) is 0.731. The highest BCUT2D eigenvalue weighted by atomic mass is 19.4. The van der Waals surface area contributed by atoms with Crippen molar-refractivity contribution in [1.29, 1.82) is 0 Å². The van der Waals surface area contributed by atoms with Crippen LogP contribution in [0.5, 0.6) is 0 Å². The van der Waals surface area contributed by atoms with Gasteiger partial charge in [-0.05, 0) is 24.3 Å². The molecule has 0 aliphatic carbocycles. The summed E-state index contributed by atoms with van der Waals surface area (Å²) in [7, 11) is 0. The highest BCUT2D eigenvalue weighted by molar-refractivity contribution is 5.84. The van der Waals surface area contributed by atoms with Crippen LogP contribution in [0.3, 0.4) is 0 Å². The fourth-order valence-corrected chi connectivity index (χ4v) is 1.77. The number of furan rings is 1. The Balaban J connectivity index is 2.14. The predicted molar refractivity (Wildman–Crippen MR) is 61.1 cm³/mol. The van der Waals surface area contributed by atoms with Crippen molar-refractivity contribution in [3.8, 4) is 11.5 Å². The molecular formula is C12H7F3N2O2. The SMILES string of the molecule is Nc1cnoc1-c1cc2cc(C(F)(F)F)ccc2o1. The van der Waals surface area contributed by atoms with E-state index in [1.165, 1.54) is 18.3 Å². The van der Waals surface area contributed by atoms with Crippen LogP contribution >= 0.6 is 0 Å². The summed E-state index contributed by atoms with van der Waals surface area (Å²) >= 11 is 0. The number of hydrogen-bond donors (Lipinski definition) is 1. The highest BCUT2D eigenvalue weighted by Crippen LogP contribution is 2.35. The summed E-state index contributed by atoms with van der Waals surface area (Å²) in [6.45, 7) is 0. The summed E-state index contributed by atoms with van der Waals surface area (Å²) in [5.74, 6) is 0.439. The maximum atomic E-state index is 12.6. The maximum Gasteiger partial charge on any atom is 0.416 e. The normalized spacial score (nSPS) is 12.2. The molecule has 2 aromatic heterocycles. The molecule has 2 N–H and O–H groups in total. The van der Waals surface area contributed by atoms with Crippen LogP contribution in [0.1, 0.15) is 5.56 Å². The van der Waals surface area contributed by atoms with E-state index in [0.29, 0.717) is 11.0 Å². The maximum absolute atomic E-state index is 12.6. The molecule has 0 spiro atoms. The monoisotopic (exact) mass is 268 g/mol.